The SMILES string of the molecule is CSc1cccc(NC(=O)C(=O)NCCC(O)c2cccn2C)c1. The highest BCUT2D eigenvalue weighted by atomic mass is 32.2. The molecule has 1 unspecified atom stereocenters. The Kier molecular flexibility index (Phi) is 6.45. The van der Waals surface area contributed by atoms with Gasteiger partial charge in [-0.1, -0.05) is 6.07 Å². The number of rotatable bonds is 6. The summed E-state index contributed by atoms with van der Waals surface area (Å²) in [6.07, 6.45) is 3.42. The molecule has 7 heteroatoms. The first-order valence-electron chi connectivity index (χ1n) is 7.54. The van der Waals surface area contributed by atoms with E-state index in [9.17, 15) is 14.7 Å². The zero-order valence-electron chi connectivity index (χ0n) is 13.7. The van der Waals surface area contributed by atoms with E-state index in [2.05, 4.69) is 10.6 Å². The number of amides is 2. The van der Waals surface area contributed by atoms with Crippen molar-refractivity contribution in [2.24, 2.45) is 7.05 Å². The molecule has 2 aromatic rings. The lowest BCUT2D eigenvalue weighted by Crippen LogP contribution is -2.36. The van der Waals surface area contributed by atoms with E-state index < -0.39 is 17.9 Å². The second kappa shape index (κ2) is 8.56. The summed E-state index contributed by atoms with van der Waals surface area (Å²) in [5.74, 6) is -1.44. The largest absolute Gasteiger partial charge is 0.387 e. The van der Waals surface area contributed by atoms with Crippen LogP contribution in [0.1, 0.15) is 18.2 Å². The quantitative estimate of drug-likeness (QED) is 0.551. The average Bonchev–Trinajstić information content (AvgIpc) is 3.00. The zero-order valence-corrected chi connectivity index (χ0v) is 14.5. The first-order chi connectivity index (χ1) is 11.5. The van der Waals surface area contributed by atoms with Crippen LogP contribution in [0.2, 0.25) is 0 Å². The molecule has 0 aliphatic rings. The molecule has 24 heavy (non-hydrogen) atoms. The summed E-state index contributed by atoms with van der Waals surface area (Å²) in [6.45, 7) is 0.212. The Bertz CT molecular complexity index is 715. The summed E-state index contributed by atoms with van der Waals surface area (Å²) in [5.41, 5.74) is 1.34. The van der Waals surface area contributed by atoms with Crippen molar-refractivity contribution in [3.05, 3.63) is 48.3 Å². The first-order valence-corrected chi connectivity index (χ1v) is 8.76. The third-order valence-corrected chi connectivity index (χ3v) is 4.29. The maximum Gasteiger partial charge on any atom is 0.313 e. The molecule has 0 bridgehead atoms. The van der Waals surface area contributed by atoms with Crippen LogP contribution in [0.15, 0.2) is 47.5 Å². The Morgan fingerprint density at radius 2 is 2.04 bits per heavy atom. The van der Waals surface area contributed by atoms with Gasteiger partial charge >= 0.3 is 11.8 Å². The lowest BCUT2D eigenvalue weighted by Gasteiger charge is -2.12. The number of hydrogen-bond acceptors (Lipinski definition) is 4. The molecule has 0 aliphatic heterocycles. The van der Waals surface area contributed by atoms with Crippen LogP contribution in [0.5, 0.6) is 0 Å². The molecular formula is C17H21N3O3S. The summed E-state index contributed by atoms with van der Waals surface area (Å²) >= 11 is 1.55. The summed E-state index contributed by atoms with van der Waals surface area (Å²) in [6, 6.07) is 10.9. The van der Waals surface area contributed by atoms with E-state index in [0.717, 1.165) is 10.6 Å². The number of hydrogen-bond donors (Lipinski definition) is 3. The van der Waals surface area contributed by atoms with E-state index in [-0.39, 0.29) is 6.54 Å². The van der Waals surface area contributed by atoms with Crippen molar-refractivity contribution in [3.63, 3.8) is 0 Å². The van der Waals surface area contributed by atoms with E-state index in [1.807, 2.05) is 48.3 Å². The Morgan fingerprint density at radius 3 is 2.71 bits per heavy atom. The number of anilines is 1. The van der Waals surface area contributed by atoms with Gasteiger partial charge in [0.05, 0.1) is 6.10 Å². The van der Waals surface area contributed by atoms with Crippen molar-refractivity contribution < 1.29 is 14.7 Å². The number of nitrogens with one attached hydrogen (secondary N) is 2. The van der Waals surface area contributed by atoms with Crippen molar-refractivity contribution in [3.8, 4) is 0 Å². The molecule has 1 heterocycles. The molecule has 0 saturated carbocycles. The number of aliphatic hydroxyl groups is 1. The van der Waals surface area contributed by atoms with Gasteiger partial charge < -0.3 is 20.3 Å². The molecular weight excluding hydrogens is 326 g/mol. The molecule has 6 nitrogen and oxygen atoms in total. The van der Waals surface area contributed by atoms with E-state index >= 15 is 0 Å². The molecule has 3 N–H and O–H groups in total. The monoisotopic (exact) mass is 347 g/mol. The Morgan fingerprint density at radius 1 is 1.25 bits per heavy atom. The van der Waals surface area contributed by atoms with Crippen LogP contribution >= 0.6 is 11.8 Å². The van der Waals surface area contributed by atoms with Crippen LogP contribution in [0.25, 0.3) is 0 Å². The van der Waals surface area contributed by atoms with Crippen LogP contribution in [-0.2, 0) is 16.6 Å². The minimum atomic E-state index is -0.721. The van der Waals surface area contributed by atoms with Gasteiger partial charge in [0, 0.05) is 36.1 Å². The number of carbonyl (C=O) groups excluding carboxylic acids is 2. The van der Waals surface area contributed by atoms with Crippen LogP contribution in [-0.4, -0.2) is 34.3 Å². The van der Waals surface area contributed by atoms with Gasteiger partial charge in [-0.25, -0.2) is 0 Å². The Balaban J connectivity index is 1.79. The van der Waals surface area contributed by atoms with Gasteiger partial charge in [0.15, 0.2) is 0 Å². The van der Waals surface area contributed by atoms with Crippen LogP contribution < -0.4 is 10.6 Å². The van der Waals surface area contributed by atoms with Crippen molar-refractivity contribution in [1.82, 2.24) is 9.88 Å². The number of carbonyl (C=O) groups is 2. The first kappa shape index (κ1) is 18.1. The minimum Gasteiger partial charge on any atom is -0.387 e. The Labute approximate surface area is 145 Å². The van der Waals surface area contributed by atoms with Crippen LogP contribution in [0.4, 0.5) is 5.69 Å². The molecule has 0 aliphatic carbocycles. The molecule has 1 aromatic heterocycles. The van der Waals surface area contributed by atoms with E-state index in [0.29, 0.717) is 12.1 Å². The second-order valence-corrected chi connectivity index (χ2v) is 6.17. The molecule has 0 spiro atoms. The fourth-order valence-electron chi connectivity index (χ4n) is 2.26. The number of aliphatic hydroxyl groups excluding tert-OH is 1. The lowest BCUT2D eigenvalue weighted by atomic mass is 10.2. The second-order valence-electron chi connectivity index (χ2n) is 5.29. The molecule has 128 valence electrons. The molecule has 1 atom stereocenters. The molecule has 0 radical (unpaired) electrons. The standard InChI is InChI=1S/C17H21N3O3S/c1-20-10-4-7-14(20)15(21)8-9-18-16(22)17(23)19-12-5-3-6-13(11-12)24-2/h3-7,10-11,15,21H,8-9H2,1-2H3,(H,18,22)(H,19,23). The molecule has 2 amide bonds. The third kappa shape index (κ3) is 4.87. The number of aromatic nitrogens is 1. The topological polar surface area (TPSA) is 83.4 Å². The van der Waals surface area contributed by atoms with Gasteiger partial charge in [0.25, 0.3) is 0 Å². The molecule has 0 saturated heterocycles. The van der Waals surface area contributed by atoms with E-state index in [1.165, 1.54) is 0 Å². The Hall–Kier alpha value is -2.25. The summed E-state index contributed by atoms with van der Waals surface area (Å²) < 4.78 is 1.82. The highest BCUT2D eigenvalue weighted by molar-refractivity contribution is 7.98. The summed E-state index contributed by atoms with van der Waals surface area (Å²) in [7, 11) is 1.84. The molecule has 1 aromatic carbocycles. The van der Waals surface area contributed by atoms with Gasteiger partial charge in [-0.05, 0) is 43.0 Å². The predicted octanol–water partition coefficient (Wildman–Crippen LogP) is 1.93. The van der Waals surface area contributed by atoms with Crippen LogP contribution in [0, 0.1) is 0 Å². The van der Waals surface area contributed by atoms with Gasteiger partial charge in [0.2, 0.25) is 0 Å². The number of benzene rings is 1. The number of nitrogens with zero attached hydrogens (tertiary/aromatic N) is 1. The smallest absolute Gasteiger partial charge is 0.313 e. The fraction of sp³-hybridized carbons (Fsp3) is 0.294. The average molecular weight is 347 g/mol. The van der Waals surface area contributed by atoms with Gasteiger partial charge in [0.1, 0.15) is 0 Å². The fourth-order valence-corrected chi connectivity index (χ4v) is 2.72. The highest BCUT2D eigenvalue weighted by Gasteiger charge is 2.15. The highest BCUT2D eigenvalue weighted by Crippen LogP contribution is 2.19. The summed E-state index contributed by atoms with van der Waals surface area (Å²) in [4.78, 5) is 24.7. The van der Waals surface area contributed by atoms with Gasteiger partial charge in [-0.3, -0.25) is 9.59 Å². The summed E-state index contributed by atoms with van der Waals surface area (Å²) in [5, 5.41) is 15.1. The number of aryl methyl sites for hydroxylation is 1. The minimum absolute atomic E-state index is 0.212. The maximum absolute atomic E-state index is 11.9. The number of thioether (sulfide) groups is 1. The van der Waals surface area contributed by atoms with Gasteiger partial charge in [-0.15, -0.1) is 11.8 Å². The normalized spacial score (nSPS) is 11.8. The van der Waals surface area contributed by atoms with E-state index in [4.69, 9.17) is 0 Å². The molecule has 2 rings (SSSR count). The maximum atomic E-state index is 11.9. The lowest BCUT2D eigenvalue weighted by molar-refractivity contribution is -0.136. The molecule has 0 fully saturated rings. The van der Waals surface area contributed by atoms with Gasteiger partial charge in [-0.2, -0.15) is 0 Å². The van der Waals surface area contributed by atoms with Crippen LogP contribution in [0.3, 0.4) is 0 Å². The van der Waals surface area contributed by atoms with Crippen molar-refractivity contribution in [2.75, 3.05) is 18.1 Å². The predicted molar refractivity (Wildman–Crippen MR) is 94.9 cm³/mol. The third-order valence-electron chi connectivity index (χ3n) is 3.56. The van der Waals surface area contributed by atoms with Crippen molar-refractivity contribution in [2.45, 2.75) is 17.4 Å². The van der Waals surface area contributed by atoms with Crippen molar-refractivity contribution >= 4 is 29.3 Å². The zero-order chi connectivity index (χ0) is 17.5. The van der Waals surface area contributed by atoms with Crippen molar-refractivity contribution in [1.29, 1.82) is 0 Å². The van der Waals surface area contributed by atoms with E-state index in [1.54, 1.807) is 23.9 Å².